The summed E-state index contributed by atoms with van der Waals surface area (Å²) in [6.07, 6.45) is 3.82. The van der Waals surface area contributed by atoms with Gasteiger partial charge in [0.15, 0.2) is 0 Å². The second kappa shape index (κ2) is 9.18. The van der Waals surface area contributed by atoms with E-state index in [2.05, 4.69) is 123 Å². The molecule has 0 atom stereocenters. The first-order chi connectivity index (χ1) is 19.1. The van der Waals surface area contributed by atoms with Crippen molar-refractivity contribution in [3.8, 4) is 55.9 Å². The van der Waals surface area contributed by atoms with E-state index in [-0.39, 0.29) is 5.41 Å². The summed E-state index contributed by atoms with van der Waals surface area (Å²) in [5.41, 5.74) is 14.2. The van der Waals surface area contributed by atoms with Crippen molar-refractivity contribution < 1.29 is 0 Å². The molecule has 39 heavy (non-hydrogen) atoms. The highest BCUT2D eigenvalue weighted by molar-refractivity contribution is 5.86. The fourth-order valence-corrected chi connectivity index (χ4v) is 5.85. The molecule has 1 aliphatic carbocycles. The van der Waals surface area contributed by atoms with Gasteiger partial charge in [0.25, 0.3) is 0 Å². The summed E-state index contributed by atoms with van der Waals surface area (Å²) in [4.78, 5) is 9.47. The van der Waals surface area contributed by atoms with Crippen LogP contribution in [0.3, 0.4) is 0 Å². The molecule has 2 heteroatoms. The minimum atomic E-state index is -0.134. The number of benzene rings is 4. The molecule has 1 aliphatic rings. The predicted octanol–water partition coefficient (Wildman–Crippen LogP) is 9.45. The smallest absolute Gasteiger partial charge is 0.0708 e. The summed E-state index contributed by atoms with van der Waals surface area (Å²) in [7, 11) is 0. The largest absolute Gasteiger partial charge is 0.256 e. The van der Waals surface area contributed by atoms with Gasteiger partial charge in [-0.1, -0.05) is 98.8 Å². The third-order valence-electron chi connectivity index (χ3n) is 8.00. The van der Waals surface area contributed by atoms with Crippen LogP contribution in [0.15, 0.2) is 134 Å². The van der Waals surface area contributed by atoms with Crippen molar-refractivity contribution in [2.24, 2.45) is 0 Å². The van der Waals surface area contributed by atoms with E-state index in [0.29, 0.717) is 0 Å². The molecule has 0 aliphatic heterocycles. The summed E-state index contributed by atoms with van der Waals surface area (Å²) in [5, 5.41) is 0. The summed E-state index contributed by atoms with van der Waals surface area (Å²) >= 11 is 0. The molecule has 0 N–H and O–H groups in total. The molecular formula is C37H28N2. The zero-order chi connectivity index (χ0) is 26.4. The Labute approximate surface area is 229 Å². The van der Waals surface area contributed by atoms with E-state index in [1.807, 2.05) is 24.5 Å². The number of nitrogens with zero attached hydrogens (tertiary/aromatic N) is 2. The first kappa shape index (κ1) is 23.3. The topological polar surface area (TPSA) is 25.8 Å². The van der Waals surface area contributed by atoms with Gasteiger partial charge in [0.05, 0.1) is 11.4 Å². The van der Waals surface area contributed by atoms with Gasteiger partial charge in [-0.2, -0.15) is 0 Å². The fraction of sp³-hybridized carbons (Fsp3) is 0.0811. The van der Waals surface area contributed by atoms with Crippen molar-refractivity contribution in [2.75, 3.05) is 0 Å². The van der Waals surface area contributed by atoms with E-state index in [1.165, 1.54) is 44.5 Å². The maximum Gasteiger partial charge on any atom is 0.0708 e. The number of hydrogen-bond donors (Lipinski definition) is 0. The Morgan fingerprint density at radius 1 is 0.410 bits per heavy atom. The molecule has 7 rings (SSSR count). The highest BCUT2D eigenvalue weighted by Gasteiger charge is 2.36. The van der Waals surface area contributed by atoms with Gasteiger partial charge < -0.3 is 0 Å². The summed E-state index contributed by atoms with van der Waals surface area (Å²) < 4.78 is 0. The van der Waals surface area contributed by atoms with Crippen LogP contribution in [0, 0.1) is 0 Å². The third-order valence-corrected chi connectivity index (χ3v) is 8.00. The molecule has 186 valence electrons. The average molecular weight is 501 g/mol. The number of rotatable bonds is 4. The van der Waals surface area contributed by atoms with E-state index >= 15 is 0 Å². The number of pyridine rings is 2. The first-order valence-electron chi connectivity index (χ1n) is 13.4. The Kier molecular flexibility index (Phi) is 5.49. The Morgan fingerprint density at radius 3 is 1.28 bits per heavy atom. The van der Waals surface area contributed by atoms with E-state index in [0.717, 1.165) is 22.5 Å². The van der Waals surface area contributed by atoms with Crippen molar-refractivity contribution in [3.05, 3.63) is 145 Å². The molecule has 0 radical (unpaired) electrons. The lowest BCUT2D eigenvalue weighted by Gasteiger charge is -2.22. The average Bonchev–Trinajstić information content (AvgIpc) is 3.23. The lowest BCUT2D eigenvalue weighted by Crippen LogP contribution is -2.15. The Bertz CT molecular complexity index is 1680. The SMILES string of the molecule is CC1(C)c2cc(-c3cc(-c4ccccc4)ccn3)ccc2-c2ccc(-c3cc(-c4ccccc4)ccn3)cc21. The maximum atomic E-state index is 4.74. The standard InChI is InChI=1S/C37H28N2/c1-37(2)33-21-29(35-23-27(17-19-38-35)25-9-5-3-6-10-25)13-15-31(33)32-16-14-30(22-34(32)37)36-24-28(18-20-39-36)26-11-7-4-8-12-26/h3-24H,1-2H3. The van der Waals surface area contributed by atoms with Crippen LogP contribution >= 0.6 is 0 Å². The minimum Gasteiger partial charge on any atom is -0.256 e. The first-order valence-corrected chi connectivity index (χ1v) is 13.4. The van der Waals surface area contributed by atoms with Crippen molar-refractivity contribution in [1.29, 1.82) is 0 Å². The van der Waals surface area contributed by atoms with Gasteiger partial charge in [-0.15, -0.1) is 0 Å². The van der Waals surface area contributed by atoms with Gasteiger partial charge in [-0.25, -0.2) is 0 Å². The molecule has 0 amide bonds. The second-order valence-corrected chi connectivity index (χ2v) is 10.7. The molecule has 0 spiro atoms. The Hall–Kier alpha value is -4.82. The van der Waals surface area contributed by atoms with Crippen LogP contribution in [0.1, 0.15) is 25.0 Å². The third kappa shape index (κ3) is 4.06. The highest BCUT2D eigenvalue weighted by atomic mass is 14.7. The molecule has 0 saturated heterocycles. The second-order valence-electron chi connectivity index (χ2n) is 10.7. The van der Waals surface area contributed by atoms with Crippen molar-refractivity contribution in [2.45, 2.75) is 19.3 Å². The molecule has 0 unspecified atom stereocenters. The van der Waals surface area contributed by atoms with Crippen LogP contribution in [0.4, 0.5) is 0 Å². The minimum absolute atomic E-state index is 0.134. The van der Waals surface area contributed by atoms with Gasteiger partial charge >= 0.3 is 0 Å². The summed E-state index contributed by atoms with van der Waals surface area (Å²) in [5.74, 6) is 0. The number of fused-ring (bicyclic) bond motifs is 3. The van der Waals surface area contributed by atoms with E-state index < -0.39 is 0 Å². The monoisotopic (exact) mass is 500 g/mol. The zero-order valence-corrected chi connectivity index (χ0v) is 22.1. The Morgan fingerprint density at radius 2 is 0.846 bits per heavy atom. The van der Waals surface area contributed by atoms with Crippen LogP contribution in [-0.4, -0.2) is 9.97 Å². The van der Waals surface area contributed by atoms with Crippen molar-refractivity contribution in [1.82, 2.24) is 9.97 Å². The molecule has 0 bridgehead atoms. The van der Waals surface area contributed by atoms with Gasteiger partial charge in [-0.3, -0.25) is 9.97 Å². The molecule has 2 aromatic heterocycles. The van der Waals surface area contributed by atoms with E-state index in [9.17, 15) is 0 Å². The molecule has 4 aromatic carbocycles. The normalized spacial score (nSPS) is 13.1. The van der Waals surface area contributed by atoms with Crippen LogP contribution in [0.25, 0.3) is 55.9 Å². The molecule has 0 saturated carbocycles. The van der Waals surface area contributed by atoms with Gasteiger partial charge in [-0.05, 0) is 80.9 Å². The lowest BCUT2D eigenvalue weighted by molar-refractivity contribution is 0.661. The van der Waals surface area contributed by atoms with Crippen molar-refractivity contribution >= 4 is 0 Å². The van der Waals surface area contributed by atoms with Gasteiger partial charge in [0.2, 0.25) is 0 Å². The van der Waals surface area contributed by atoms with Gasteiger partial charge in [0.1, 0.15) is 0 Å². The quantitative estimate of drug-likeness (QED) is 0.241. The zero-order valence-electron chi connectivity index (χ0n) is 22.1. The molecular weight excluding hydrogens is 472 g/mol. The summed E-state index contributed by atoms with van der Waals surface area (Å²) in [6.45, 7) is 4.65. The van der Waals surface area contributed by atoms with Gasteiger partial charge in [0, 0.05) is 28.9 Å². The van der Waals surface area contributed by atoms with E-state index in [1.54, 1.807) is 0 Å². The van der Waals surface area contributed by atoms with Crippen LogP contribution in [-0.2, 0) is 5.41 Å². The maximum absolute atomic E-state index is 4.74. The number of hydrogen-bond acceptors (Lipinski definition) is 2. The summed E-state index contributed by atoms with van der Waals surface area (Å²) in [6, 6.07) is 43.1. The van der Waals surface area contributed by atoms with Crippen molar-refractivity contribution in [3.63, 3.8) is 0 Å². The highest BCUT2D eigenvalue weighted by Crippen LogP contribution is 2.50. The Balaban J connectivity index is 1.26. The fourth-order valence-electron chi connectivity index (χ4n) is 5.85. The number of aromatic nitrogens is 2. The molecule has 2 nitrogen and oxygen atoms in total. The molecule has 2 heterocycles. The molecule has 0 fully saturated rings. The van der Waals surface area contributed by atoms with E-state index in [4.69, 9.17) is 9.97 Å². The van der Waals surface area contributed by atoms with Crippen LogP contribution in [0.2, 0.25) is 0 Å². The molecule has 6 aromatic rings. The lowest BCUT2D eigenvalue weighted by atomic mass is 9.81. The van der Waals surface area contributed by atoms with Crippen LogP contribution < -0.4 is 0 Å². The van der Waals surface area contributed by atoms with Crippen LogP contribution in [0.5, 0.6) is 0 Å². The predicted molar refractivity (Wildman–Crippen MR) is 161 cm³/mol.